The van der Waals surface area contributed by atoms with Crippen LogP contribution in [0.3, 0.4) is 0 Å². The Bertz CT molecular complexity index is 331. The number of ether oxygens (including phenoxy) is 1. The topological polar surface area (TPSA) is 9.23 Å². The predicted octanol–water partition coefficient (Wildman–Crippen LogP) is 3.86. The maximum Gasteiger partial charge on any atom is 0.201 e. The van der Waals surface area contributed by atoms with Crippen molar-refractivity contribution in [3.8, 4) is 5.75 Å². The highest BCUT2D eigenvalue weighted by Crippen LogP contribution is 2.26. The zero-order valence-electron chi connectivity index (χ0n) is 7.90. The molecule has 0 bridgehead atoms. The molecule has 5 heteroatoms. The lowest BCUT2D eigenvalue weighted by Crippen LogP contribution is -2.01. The molecule has 0 aromatic heterocycles. The molecule has 0 aliphatic heterocycles. The van der Waals surface area contributed by atoms with Gasteiger partial charge in [-0.3, -0.25) is 4.39 Å². The van der Waals surface area contributed by atoms with Crippen LogP contribution >= 0.6 is 15.9 Å². The van der Waals surface area contributed by atoms with Crippen molar-refractivity contribution >= 4 is 15.9 Å². The Balaban J connectivity index is 2.58. The zero-order valence-corrected chi connectivity index (χ0v) is 9.49. The molecule has 0 spiro atoms. The van der Waals surface area contributed by atoms with Crippen LogP contribution in [0.1, 0.15) is 12.8 Å². The van der Waals surface area contributed by atoms with E-state index >= 15 is 0 Å². The predicted molar refractivity (Wildman–Crippen MR) is 54.8 cm³/mol. The summed E-state index contributed by atoms with van der Waals surface area (Å²) in [6.45, 7) is -0.248. The molecule has 1 nitrogen and oxygen atoms in total. The molecule has 0 radical (unpaired) electrons. The number of unbranched alkanes of at least 4 members (excludes halogenated alkanes) is 1. The number of alkyl halides is 1. The van der Waals surface area contributed by atoms with Crippen molar-refractivity contribution in [1.82, 2.24) is 0 Å². The van der Waals surface area contributed by atoms with Gasteiger partial charge in [0.05, 0.1) is 17.8 Å². The summed E-state index contributed by atoms with van der Waals surface area (Å²) in [7, 11) is 0. The highest BCUT2D eigenvalue weighted by Gasteiger charge is 2.12. The summed E-state index contributed by atoms with van der Waals surface area (Å²) in [6, 6.07) is 2.70. The molecule has 0 heterocycles. The highest BCUT2D eigenvalue weighted by atomic mass is 79.9. The van der Waals surface area contributed by atoms with Crippen LogP contribution in [0.2, 0.25) is 0 Å². The highest BCUT2D eigenvalue weighted by molar-refractivity contribution is 9.10. The molecule has 0 atom stereocenters. The molecule has 0 unspecified atom stereocenters. The number of benzene rings is 1. The molecule has 0 aliphatic rings. The summed E-state index contributed by atoms with van der Waals surface area (Å²) < 4.78 is 42.9. The molecule has 1 aromatic carbocycles. The molecule has 0 fully saturated rings. The van der Waals surface area contributed by atoms with E-state index in [4.69, 9.17) is 4.74 Å². The largest absolute Gasteiger partial charge is 0.490 e. The lowest BCUT2D eigenvalue weighted by Gasteiger charge is -2.07. The molecule has 0 saturated carbocycles. The summed E-state index contributed by atoms with van der Waals surface area (Å²) in [5, 5.41) is 0. The van der Waals surface area contributed by atoms with E-state index in [2.05, 4.69) is 15.9 Å². The second kappa shape index (κ2) is 6.00. The van der Waals surface area contributed by atoms with Gasteiger partial charge in [-0.2, -0.15) is 4.39 Å². The van der Waals surface area contributed by atoms with Gasteiger partial charge >= 0.3 is 0 Å². The van der Waals surface area contributed by atoms with Crippen molar-refractivity contribution in [1.29, 1.82) is 0 Å². The van der Waals surface area contributed by atoms with E-state index in [0.717, 1.165) is 0 Å². The first-order chi connectivity index (χ1) is 7.16. The van der Waals surface area contributed by atoms with Crippen molar-refractivity contribution in [3.63, 3.8) is 0 Å². The van der Waals surface area contributed by atoms with Crippen LogP contribution in [-0.2, 0) is 0 Å². The van der Waals surface area contributed by atoms with Crippen molar-refractivity contribution < 1.29 is 17.9 Å². The second-order valence-corrected chi connectivity index (χ2v) is 3.77. The minimum atomic E-state index is -1.02. The van der Waals surface area contributed by atoms with Gasteiger partial charge in [0, 0.05) is 0 Å². The molecular formula is C10H10BrF3O. The molecule has 0 amide bonds. The molecule has 1 aromatic rings. The van der Waals surface area contributed by atoms with E-state index in [9.17, 15) is 13.2 Å². The smallest absolute Gasteiger partial charge is 0.201 e. The second-order valence-electron chi connectivity index (χ2n) is 2.92. The van der Waals surface area contributed by atoms with Gasteiger partial charge in [0.2, 0.25) is 5.82 Å². The van der Waals surface area contributed by atoms with Crippen molar-refractivity contribution in [2.75, 3.05) is 13.3 Å². The van der Waals surface area contributed by atoms with E-state index < -0.39 is 18.3 Å². The maximum atomic E-state index is 13.2. The van der Waals surface area contributed by atoms with E-state index in [0.29, 0.717) is 12.8 Å². The Morgan fingerprint density at radius 3 is 2.53 bits per heavy atom. The van der Waals surface area contributed by atoms with Crippen LogP contribution in [0.15, 0.2) is 16.6 Å². The van der Waals surface area contributed by atoms with Crippen molar-refractivity contribution in [2.24, 2.45) is 0 Å². The van der Waals surface area contributed by atoms with E-state index in [-0.39, 0.29) is 16.8 Å². The number of halogens is 4. The quantitative estimate of drug-likeness (QED) is 0.589. The van der Waals surface area contributed by atoms with Crippen molar-refractivity contribution in [2.45, 2.75) is 12.8 Å². The first kappa shape index (κ1) is 12.4. The standard InChI is InChI=1S/C10H10BrF3O/c11-7-3-4-8(10(14)9(7)13)15-6-2-1-5-12/h3-4H,1-2,5-6H2. The summed E-state index contributed by atoms with van der Waals surface area (Å²) in [5.41, 5.74) is 0. The number of rotatable bonds is 5. The molecule has 84 valence electrons. The van der Waals surface area contributed by atoms with Gasteiger partial charge < -0.3 is 4.74 Å². The van der Waals surface area contributed by atoms with Crippen LogP contribution in [0.25, 0.3) is 0 Å². The van der Waals surface area contributed by atoms with Crippen LogP contribution < -0.4 is 4.74 Å². The molecule has 0 N–H and O–H groups in total. The molecule has 1 rings (SSSR count). The van der Waals surface area contributed by atoms with E-state index in [1.165, 1.54) is 12.1 Å². The Labute approximate surface area is 94.4 Å². The lowest BCUT2D eigenvalue weighted by molar-refractivity contribution is 0.279. The average Bonchev–Trinajstić information content (AvgIpc) is 2.24. The van der Waals surface area contributed by atoms with Gasteiger partial charge in [0.15, 0.2) is 11.6 Å². The van der Waals surface area contributed by atoms with Crippen LogP contribution in [0.5, 0.6) is 5.75 Å². The zero-order chi connectivity index (χ0) is 11.3. The third kappa shape index (κ3) is 3.41. The third-order valence-electron chi connectivity index (χ3n) is 1.79. The first-order valence-electron chi connectivity index (χ1n) is 4.49. The number of hydrogen-bond acceptors (Lipinski definition) is 1. The number of hydrogen-bond donors (Lipinski definition) is 0. The molecular weight excluding hydrogens is 273 g/mol. The third-order valence-corrected chi connectivity index (χ3v) is 2.40. The van der Waals surface area contributed by atoms with Gasteiger partial charge in [0.1, 0.15) is 0 Å². The normalized spacial score (nSPS) is 10.4. The Morgan fingerprint density at radius 2 is 1.87 bits per heavy atom. The fraction of sp³-hybridized carbons (Fsp3) is 0.400. The van der Waals surface area contributed by atoms with E-state index in [1.54, 1.807) is 0 Å². The van der Waals surface area contributed by atoms with E-state index in [1.807, 2.05) is 0 Å². The SMILES string of the molecule is FCCCCOc1ccc(Br)c(F)c1F. The Kier molecular flexibility index (Phi) is 4.94. The average molecular weight is 283 g/mol. The maximum absolute atomic E-state index is 13.2. The summed E-state index contributed by atoms with van der Waals surface area (Å²) in [4.78, 5) is 0. The van der Waals surface area contributed by atoms with Gasteiger partial charge in [-0.15, -0.1) is 0 Å². The molecule has 15 heavy (non-hydrogen) atoms. The molecule has 0 saturated heterocycles. The van der Waals surface area contributed by atoms with Gasteiger partial charge in [-0.05, 0) is 40.9 Å². The minimum absolute atomic E-state index is 0.0520. The van der Waals surface area contributed by atoms with Crippen LogP contribution in [-0.4, -0.2) is 13.3 Å². The van der Waals surface area contributed by atoms with Gasteiger partial charge in [-0.1, -0.05) is 0 Å². The Morgan fingerprint density at radius 1 is 1.13 bits per heavy atom. The summed E-state index contributed by atoms with van der Waals surface area (Å²) >= 11 is 2.85. The fourth-order valence-corrected chi connectivity index (χ4v) is 1.30. The first-order valence-corrected chi connectivity index (χ1v) is 5.28. The molecule has 0 aliphatic carbocycles. The summed E-state index contributed by atoms with van der Waals surface area (Å²) in [6.07, 6.45) is 0.842. The monoisotopic (exact) mass is 282 g/mol. The lowest BCUT2D eigenvalue weighted by atomic mass is 10.3. The van der Waals surface area contributed by atoms with Gasteiger partial charge in [-0.25, -0.2) is 4.39 Å². The van der Waals surface area contributed by atoms with Crippen molar-refractivity contribution in [3.05, 3.63) is 28.2 Å². The Hall–Kier alpha value is -0.710. The van der Waals surface area contributed by atoms with Crippen LogP contribution in [0.4, 0.5) is 13.2 Å². The fourth-order valence-electron chi connectivity index (χ4n) is 0.998. The minimum Gasteiger partial charge on any atom is -0.490 e. The van der Waals surface area contributed by atoms with Crippen LogP contribution in [0, 0.1) is 11.6 Å². The van der Waals surface area contributed by atoms with Gasteiger partial charge in [0.25, 0.3) is 0 Å². The summed E-state index contributed by atoms with van der Waals surface area (Å²) in [5.74, 6) is -2.14.